The van der Waals surface area contributed by atoms with Gasteiger partial charge in [-0.25, -0.2) is 0 Å². The molecule has 0 aliphatic carbocycles. The van der Waals surface area contributed by atoms with Crippen LogP contribution in [-0.4, -0.2) is 17.9 Å². The highest BCUT2D eigenvalue weighted by Gasteiger charge is 2.09. The van der Waals surface area contributed by atoms with Crippen molar-refractivity contribution in [2.75, 3.05) is 6.61 Å². The third-order valence-corrected chi connectivity index (χ3v) is 0.457. The maximum absolute atomic E-state index is 9.43. The SMILES string of the molecule is O=NOC(C[OH2+])N=O. The highest BCUT2D eigenvalue weighted by atomic mass is 16.7. The van der Waals surface area contributed by atoms with Gasteiger partial charge in [0.2, 0.25) is 6.61 Å². The van der Waals surface area contributed by atoms with Crippen LogP contribution in [-0.2, 0) is 4.84 Å². The van der Waals surface area contributed by atoms with Crippen molar-refractivity contribution in [2.24, 2.45) is 10.5 Å². The molecule has 0 aromatic carbocycles. The largest absolute Gasteiger partial charge is 0.441 e. The Morgan fingerprint density at radius 1 is 1.62 bits per heavy atom. The number of nitroso groups, excluding NO2 is 1. The minimum atomic E-state index is -1.24. The van der Waals surface area contributed by atoms with Crippen molar-refractivity contribution in [1.82, 2.24) is 0 Å². The molecule has 0 aliphatic heterocycles. The first-order chi connectivity index (χ1) is 3.85. The number of hydrogen-bond donors (Lipinski definition) is 0. The molecule has 0 heterocycles. The van der Waals surface area contributed by atoms with Crippen molar-refractivity contribution in [3.63, 3.8) is 0 Å². The van der Waals surface area contributed by atoms with Gasteiger partial charge in [-0.3, -0.25) is 0 Å². The molecule has 0 aromatic heterocycles. The molecule has 0 spiro atoms. The van der Waals surface area contributed by atoms with Crippen LogP contribution < -0.4 is 0 Å². The zero-order valence-corrected chi connectivity index (χ0v) is 3.90. The molecule has 6 heteroatoms. The Bertz CT molecular complexity index is 84.1. The summed E-state index contributed by atoms with van der Waals surface area (Å²) in [6, 6.07) is 0. The smallest absolute Gasteiger partial charge is 0.326 e. The second kappa shape index (κ2) is 4.13. The Balaban J connectivity index is 3.35. The van der Waals surface area contributed by atoms with E-state index in [2.05, 4.69) is 10.0 Å². The van der Waals surface area contributed by atoms with Crippen molar-refractivity contribution < 1.29 is 9.94 Å². The monoisotopic (exact) mass is 121 g/mol. The van der Waals surface area contributed by atoms with Crippen LogP contribution in [0.25, 0.3) is 0 Å². The zero-order chi connectivity index (χ0) is 6.41. The first-order valence-electron chi connectivity index (χ1n) is 1.80. The minimum absolute atomic E-state index is 0.380. The fraction of sp³-hybridized carbons (Fsp3) is 1.00. The Hall–Kier alpha value is -1.04. The van der Waals surface area contributed by atoms with Crippen LogP contribution in [0.5, 0.6) is 0 Å². The lowest BCUT2D eigenvalue weighted by molar-refractivity contribution is 0.0188. The van der Waals surface area contributed by atoms with Crippen molar-refractivity contribution in [2.45, 2.75) is 6.23 Å². The third kappa shape index (κ3) is 2.19. The molecule has 0 fully saturated rings. The van der Waals surface area contributed by atoms with Crippen molar-refractivity contribution in [3.8, 4) is 0 Å². The van der Waals surface area contributed by atoms with E-state index in [1.807, 2.05) is 5.34 Å². The lowest BCUT2D eigenvalue weighted by Crippen LogP contribution is -2.09. The lowest BCUT2D eigenvalue weighted by Gasteiger charge is -1.92. The van der Waals surface area contributed by atoms with Crippen LogP contribution in [0, 0.1) is 9.81 Å². The van der Waals surface area contributed by atoms with Gasteiger partial charge in [0, 0.05) is 0 Å². The molecule has 0 amide bonds. The molecule has 2 N–H and O–H groups in total. The predicted molar refractivity (Wildman–Crippen MR) is 24.9 cm³/mol. The van der Waals surface area contributed by atoms with Gasteiger partial charge in [-0.2, -0.15) is 0 Å². The van der Waals surface area contributed by atoms with Gasteiger partial charge >= 0.3 is 6.23 Å². The Morgan fingerprint density at radius 2 is 2.25 bits per heavy atom. The number of nitrogens with zero attached hydrogens (tertiary/aromatic N) is 2. The van der Waals surface area contributed by atoms with E-state index in [0.29, 0.717) is 0 Å². The van der Waals surface area contributed by atoms with Gasteiger partial charge in [-0.15, -0.1) is 9.81 Å². The van der Waals surface area contributed by atoms with Crippen molar-refractivity contribution in [3.05, 3.63) is 9.81 Å². The first-order valence-corrected chi connectivity index (χ1v) is 1.80. The summed E-state index contributed by atoms with van der Waals surface area (Å²) >= 11 is 0. The fourth-order valence-corrected chi connectivity index (χ4v) is 0.143. The van der Waals surface area contributed by atoms with Crippen LogP contribution in [0.1, 0.15) is 0 Å². The van der Waals surface area contributed by atoms with Gasteiger partial charge in [0.25, 0.3) is 0 Å². The molecule has 1 unspecified atom stereocenters. The first kappa shape index (κ1) is 6.96. The summed E-state index contributed by atoms with van der Waals surface area (Å²) < 4.78 is 0. The summed E-state index contributed by atoms with van der Waals surface area (Å²) in [6.07, 6.45) is -1.24. The van der Waals surface area contributed by atoms with E-state index < -0.39 is 6.23 Å². The third-order valence-electron chi connectivity index (χ3n) is 0.457. The van der Waals surface area contributed by atoms with E-state index in [1.54, 1.807) is 0 Å². The molecule has 0 radical (unpaired) electrons. The zero-order valence-electron chi connectivity index (χ0n) is 3.90. The van der Waals surface area contributed by atoms with Crippen molar-refractivity contribution in [1.29, 1.82) is 0 Å². The maximum Gasteiger partial charge on any atom is 0.326 e. The molecule has 0 rings (SSSR count). The minimum Gasteiger partial charge on any atom is -0.441 e. The average molecular weight is 121 g/mol. The maximum atomic E-state index is 9.43. The molecule has 1 atom stereocenters. The molecular formula is C2H5N2O4+. The second-order valence-corrected chi connectivity index (χ2v) is 0.944. The highest BCUT2D eigenvalue weighted by molar-refractivity contribution is 4.45. The summed E-state index contributed by atoms with van der Waals surface area (Å²) in [5.41, 5.74) is 0. The number of rotatable bonds is 4. The summed E-state index contributed by atoms with van der Waals surface area (Å²) in [6.45, 7) is -0.380. The molecule has 0 saturated heterocycles. The van der Waals surface area contributed by atoms with Crippen LogP contribution in [0.4, 0.5) is 0 Å². The van der Waals surface area contributed by atoms with E-state index >= 15 is 0 Å². The molecular weight excluding hydrogens is 116 g/mol. The van der Waals surface area contributed by atoms with Gasteiger partial charge in [0.15, 0.2) is 5.34 Å². The summed E-state index contributed by atoms with van der Waals surface area (Å²) in [5, 5.41) is 10.6. The Labute approximate surface area is 44.4 Å². The quantitative estimate of drug-likeness (QED) is 0.285. The molecule has 0 saturated carbocycles. The summed E-state index contributed by atoms with van der Waals surface area (Å²) in [5.74, 6) is 0. The Kier molecular flexibility index (Phi) is 3.59. The topological polar surface area (TPSA) is 91.0 Å². The molecule has 8 heavy (non-hydrogen) atoms. The molecule has 6 nitrogen and oxygen atoms in total. The van der Waals surface area contributed by atoms with E-state index in [-0.39, 0.29) is 6.61 Å². The van der Waals surface area contributed by atoms with E-state index in [9.17, 15) is 9.81 Å². The predicted octanol–water partition coefficient (Wildman–Crippen LogP) is -0.499. The van der Waals surface area contributed by atoms with Gasteiger partial charge in [-0.1, -0.05) is 0 Å². The average Bonchev–Trinajstić information content (AvgIpc) is 1.83. The second-order valence-electron chi connectivity index (χ2n) is 0.944. The van der Waals surface area contributed by atoms with Crippen LogP contribution >= 0.6 is 0 Å². The Morgan fingerprint density at radius 3 is 2.38 bits per heavy atom. The van der Waals surface area contributed by atoms with Gasteiger partial charge in [-0.05, 0) is 5.18 Å². The standard InChI is InChI=1S/C2H4N2O4/c5-1-2(3-6)8-4-7/h2,5H,1H2/p+1. The van der Waals surface area contributed by atoms with E-state index in [1.165, 1.54) is 0 Å². The van der Waals surface area contributed by atoms with Gasteiger partial charge in [0.1, 0.15) is 0 Å². The summed E-state index contributed by atoms with van der Waals surface area (Å²) in [4.78, 5) is 22.4. The molecule has 0 aliphatic rings. The molecule has 46 valence electrons. The number of hydrogen-bond acceptors (Lipinski definition) is 5. The molecule has 0 aromatic rings. The molecule has 0 bridgehead atoms. The van der Waals surface area contributed by atoms with Crippen molar-refractivity contribution >= 4 is 0 Å². The normalized spacial score (nSPS) is 12.1. The van der Waals surface area contributed by atoms with Crippen LogP contribution in [0.3, 0.4) is 0 Å². The van der Waals surface area contributed by atoms with Gasteiger partial charge in [0.05, 0.1) is 0 Å². The van der Waals surface area contributed by atoms with E-state index in [4.69, 9.17) is 5.11 Å². The van der Waals surface area contributed by atoms with Crippen LogP contribution in [0.2, 0.25) is 0 Å². The fourth-order valence-electron chi connectivity index (χ4n) is 0.143. The highest BCUT2D eigenvalue weighted by Crippen LogP contribution is 1.90. The van der Waals surface area contributed by atoms with Gasteiger partial charge < -0.3 is 9.94 Å². The lowest BCUT2D eigenvalue weighted by atomic mass is 10.7. The summed E-state index contributed by atoms with van der Waals surface area (Å²) in [7, 11) is 0. The van der Waals surface area contributed by atoms with Crippen LogP contribution in [0.15, 0.2) is 10.5 Å². The van der Waals surface area contributed by atoms with E-state index in [0.717, 1.165) is 0 Å².